The predicted molar refractivity (Wildman–Crippen MR) is 111 cm³/mol. The Kier molecular flexibility index (Phi) is 5.99. The number of carboxylic acid groups (broad SMARTS) is 1. The van der Waals surface area contributed by atoms with Gasteiger partial charge in [0.05, 0.1) is 12.7 Å². The molecule has 0 aliphatic carbocycles. The number of aromatic carboxylic acids is 1. The first-order valence-corrected chi connectivity index (χ1v) is 8.93. The second-order valence-corrected chi connectivity index (χ2v) is 6.34. The molecule has 7 nitrogen and oxygen atoms in total. The third kappa shape index (κ3) is 4.39. The summed E-state index contributed by atoms with van der Waals surface area (Å²) in [5, 5.41) is 21.3. The molecule has 30 heavy (non-hydrogen) atoms. The number of nitrogens with zero attached hydrogens (tertiary/aromatic N) is 1. The maximum Gasteiger partial charge on any atom is 0.335 e. The normalized spacial score (nSPS) is 10.9. The Morgan fingerprint density at radius 3 is 2.50 bits per heavy atom. The van der Waals surface area contributed by atoms with Crippen molar-refractivity contribution in [2.24, 2.45) is 0 Å². The van der Waals surface area contributed by atoms with Crippen molar-refractivity contribution in [2.75, 3.05) is 12.4 Å². The van der Waals surface area contributed by atoms with Gasteiger partial charge in [0.1, 0.15) is 28.9 Å². The first kappa shape index (κ1) is 20.4. The number of carboxylic acids is 1. The largest absolute Gasteiger partial charge is 0.497 e. The van der Waals surface area contributed by atoms with E-state index in [4.69, 9.17) is 9.15 Å². The fourth-order valence-corrected chi connectivity index (χ4v) is 2.87. The standard InChI is InChI=1S/C23H18N2O5/c1-14-19(4-3-5-20(14)23(27)28)21-11-10-18(30-21)12-15(13-24)22(26)25-16-6-8-17(29-2)9-7-16/h3-12H,1-2H3,(H,25,26)(H,27,28)/b15-12+. The van der Waals surface area contributed by atoms with Gasteiger partial charge in [-0.05, 0) is 55.0 Å². The molecule has 0 aliphatic heterocycles. The van der Waals surface area contributed by atoms with Crippen LogP contribution in [0.4, 0.5) is 5.69 Å². The van der Waals surface area contributed by atoms with Crippen molar-refractivity contribution in [3.05, 3.63) is 77.1 Å². The molecule has 1 heterocycles. The fourth-order valence-electron chi connectivity index (χ4n) is 2.87. The Morgan fingerprint density at radius 2 is 1.87 bits per heavy atom. The molecule has 0 spiro atoms. The number of furan rings is 1. The lowest BCUT2D eigenvalue weighted by molar-refractivity contribution is -0.112. The minimum absolute atomic E-state index is 0.136. The molecule has 3 aromatic rings. The molecule has 1 aromatic heterocycles. The Balaban J connectivity index is 1.83. The van der Waals surface area contributed by atoms with Crippen molar-refractivity contribution in [3.63, 3.8) is 0 Å². The minimum atomic E-state index is -1.03. The van der Waals surface area contributed by atoms with Gasteiger partial charge in [-0.3, -0.25) is 4.79 Å². The van der Waals surface area contributed by atoms with Crippen molar-refractivity contribution in [1.29, 1.82) is 5.26 Å². The van der Waals surface area contributed by atoms with Crippen LogP contribution in [0.15, 0.2) is 64.6 Å². The average molecular weight is 402 g/mol. The molecule has 150 valence electrons. The third-order valence-corrected chi connectivity index (χ3v) is 4.46. The van der Waals surface area contributed by atoms with Crippen molar-refractivity contribution in [3.8, 4) is 23.1 Å². The second-order valence-electron chi connectivity index (χ2n) is 6.34. The summed E-state index contributed by atoms with van der Waals surface area (Å²) >= 11 is 0. The van der Waals surface area contributed by atoms with E-state index in [1.54, 1.807) is 62.6 Å². The van der Waals surface area contributed by atoms with Gasteiger partial charge in [-0.25, -0.2) is 4.79 Å². The average Bonchev–Trinajstić information content (AvgIpc) is 3.20. The summed E-state index contributed by atoms with van der Waals surface area (Å²) in [6, 6.07) is 16.7. The van der Waals surface area contributed by atoms with Crippen LogP contribution in [0.25, 0.3) is 17.4 Å². The highest BCUT2D eigenvalue weighted by atomic mass is 16.5. The second kappa shape index (κ2) is 8.80. The molecular weight excluding hydrogens is 384 g/mol. The van der Waals surface area contributed by atoms with Gasteiger partial charge >= 0.3 is 5.97 Å². The number of methoxy groups -OCH3 is 1. The first-order valence-electron chi connectivity index (χ1n) is 8.93. The van der Waals surface area contributed by atoms with Gasteiger partial charge in [-0.2, -0.15) is 5.26 Å². The zero-order chi connectivity index (χ0) is 21.7. The Labute approximate surface area is 172 Å². The van der Waals surface area contributed by atoms with Crippen LogP contribution in [-0.4, -0.2) is 24.1 Å². The van der Waals surface area contributed by atoms with E-state index in [1.807, 2.05) is 6.07 Å². The van der Waals surface area contributed by atoms with Crippen molar-refractivity contribution in [1.82, 2.24) is 0 Å². The highest BCUT2D eigenvalue weighted by molar-refractivity contribution is 6.09. The Hall–Kier alpha value is -4.31. The molecule has 0 unspecified atom stereocenters. The van der Waals surface area contributed by atoms with E-state index in [1.165, 1.54) is 12.1 Å². The van der Waals surface area contributed by atoms with E-state index >= 15 is 0 Å². The molecule has 0 saturated heterocycles. The number of benzene rings is 2. The topological polar surface area (TPSA) is 113 Å². The van der Waals surface area contributed by atoms with Crippen LogP contribution in [0.2, 0.25) is 0 Å². The molecule has 3 rings (SSSR count). The molecule has 1 amide bonds. The van der Waals surface area contributed by atoms with Gasteiger partial charge in [-0.1, -0.05) is 12.1 Å². The first-order chi connectivity index (χ1) is 14.4. The molecule has 0 radical (unpaired) electrons. The number of carbonyl (C=O) groups is 2. The van der Waals surface area contributed by atoms with Crippen molar-refractivity contribution in [2.45, 2.75) is 6.92 Å². The van der Waals surface area contributed by atoms with Crippen LogP contribution >= 0.6 is 0 Å². The summed E-state index contributed by atoms with van der Waals surface area (Å²) in [5.74, 6) is -0.219. The van der Waals surface area contributed by atoms with E-state index in [0.717, 1.165) is 0 Å². The number of amides is 1. The zero-order valence-corrected chi connectivity index (χ0v) is 16.3. The summed E-state index contributed by atoms with van der Waals surface area (Å²) in [6.45, 7) is 1.69. The lowest BCUT2D eigenvalue weighted by atomic mass is 10.0. The smallest absolute Gasteiger partial charge is 0.335 e. The van der Waals surface area contributed by atoms with E-state index in [9.17, 15) is 20.0 Å². The molecular formula is C23H18N2O5. The lowest BCUT2D eigenvalue weighted by Crippen LogP contribution is -2.13. The monoisotopic (exact) mass is 402 g/mol. The van der Waals surface area contributed by atoms with Crippen molar-refractivity contribution < 1.29 is 23.8 Å². The molecule has 2 N–H and O–H groups in total. The number of nitrogens with one attached hydrogen (secondary N) is 1. The maximum atomic E-state index is 12.4. The highest BCUT2D eigenvalue weighted by Crippen LogP contribution is 2.28. The third-order valence-electron chi connectivity index (χ3n) is 4.46. The number of nitriles is 1. The number of carbonyl (C=O) groups excluding carboxylic acids is 1. The Bertz CT molecular complexity index is 1170. The van der Waals surface area contributed by atoms with Gasteiger partial charge in [0, 0.05) is 17.3 Å². The van der Waals surface area contributed by atoms with Gasteiger partial charge < -0.3 is 19.6 Å². The lowest BCUT2D eigenvalue weighted by Gasteiger charge is -2.06. The SMILES string of the molecule is COc1ccc(NC(=O)/C(C#N)=C/c2ccc(-c3cccc(C(=O)O)c3C)o2)cc1. The fraction of sp³-hybridized carbons (Fsp3) is 0.0870. The molecule has 0 bridgehead atoms. The molecule has 0 atom stereocenters. The van der Waals surface area contributed by atoms with E-state index < -0.39 is 11.9 Å². The maximum absolute atomic E-state index is 12.4. The van der Waals surface area contributed by atoms with Crippen LogP contribution in [0, 0.1) is 18.3 Å². The molecule has 0 fully saturated rings. The van der Waals surface area contributed by atoms with Crippen LogP contribution < -0.4 is 10.1 Å². The Morgan fingerprint density at radius 1 is 1.13 bits per heavy atom. The van der Waals surface area contributed by atoms with E-state index in [-0.39, 0.29) is 11.1 Å². The molecule has 0 aliphatic rings. The van der Waals surface area contributed by atoms with Crippen LogP contribution in [0.5, 0.6) is 5.75 Å². The highest BCUT2D eigenvalue weighted by Gasteiger charge is 2.15. The summed E-state index contributed by atoms with van der Waals surface area (Å²) in [4.78, 5) is 23.7. The van der Waals surface area contributed by atoms with Crippen LogP contribution in [0.1, 0.15) is 21.7 Å². The van der Waals surface area contributed by atoms with Crippen LogP contribution in [-0.2, 0) is 4.79 Å². The van der Waals surface area contributed by atoms with Crippen LogP contribution in [0.3, 0.4) is 0 Å². The summed E-state index contributed by atoms with van der Waals surface area (Å²) in [6.07, 6.45) is 1.33. The van der Waals surface area contributed by atoms with Gasteiger partial charge in [0.25, 0.3) is 5.91 Å². The predicted octanol–water partition coefficient (Wildman–Crippen LogP) is 4.51. The number of hydrogen-bond acceptors (Lipinski definition) is 5. The summed E-state index contributed by atoms with van der Waals surface area (Å²) in [7, 11) is 1.54. The number of ether oxygens (including phenoxy) is 1. The van der Waals surface area contributed by atoms with Gasteiger partial charge in [-0.15, -0.1) is 0 Å². The molecule has 2 aromatic carbocycles. The zero-order valence-electron chi connectivity index (χ0n) is 16.3. The van der Waals surface area contributed by atoms with E-state index in [2.05, 4.69) is 5.32 Å². The summed E-state index contributed by atoms with van der Waals surface area (Å²) in [5.41, 5.74) is 1.74. The van der Waals surface area contributed by atoms with Gasteiger partial charge in [0.2, 0.25) is 0 Å². The molecule has 7 heteroatoms. The van der Waals surface area contributed by atoms with E-state index in [0.29, 0.717) is 34.1 Å². The number of rotatable bonds is 6. The minimum Gasteiger partial charge on any atom is -0.497 e. The van der Waals surface area contributed by atoms with Crippen molar-refractivity contribution >= 4 is 23.6 Å². The number of hydrogen-bond donors (Lipinski definition) is 2. The molecule has 0 saturated carbocycles. The quantitative estimate of drug-likeness (QED) is 0.463. The number of anilines is 1. The van der Waals surface area contributed by atoms with Gasteiger partial charge in [0.15, 0.2) is 0 Å². The summed E-state index contributed by atoms with van der Waals surface area (Å²) < 4.78 is 10.8.